The second-order valence-corrected chi connectivity index (χ2v) is 5.57. The molecule has 1 aromatic heterocycles. The molecule has 5 heteroatoms. The quantitative estimate of drug-likeness (QED) is 0.889. The highest BCUT2D eigenvalue weighted by molar-refractivity contribution is 5.36. The minimum absolute atomic E-state index is 0.0302. The number of hydrogen-bond donors (Lipinski definition) is 1. The second kappa shape index (κ2) is 6.19. The molecule has 1 fully saturated rings. The Balaban J connectivity index is 2.22. The zero-order valence-corrected chi connectivity index (χ0v) is 12.1. The number of nitrogens with one attached hydrogen (secondary N) is 1. The lowest BCUT2D eigenvalue weighted by atomic mass is 9.98. The average molecular weight is 264 g/mol. The van der Waals surface area contributed by atoms with E-state index in [2.05, 4.69) is 15.2 Å². The molecule has 0 bridgehead atoms. The van der Waals surface area contributed by atoms with Gasteiger partial charge in [0, 0.05) is 31.5 Å². The summed E-state index contributed by atoms with van der Waals surface area (Å²) >= 11 is 0. The van der Waals surface area contributed by atoms with Crippen molar-refractivity contribution in [1.82, 2.24) is 14.9 Å². The Bertz CT molecular complexity index is 467. The Kier molecular flexibility index (Phi) is 4.58. The first-order valence-electron chi connectivity index (χ1n) is 7.10. The zero-order chi connectivity index (χ0) is 13.8. The van der Waals surface area contributed by atoms with Crippen LogP contribution in [0.25, 0.3) is 0 Å². The molecule has 0 aromatic carbocycles. The van der Waals surface area contributed by atoms with E-state index in [1.54, 1.807) is 17.0 Å². The topological polar surface area (TPSA) is 50.2 Å². The smallest absolute Gasteiger partial charge is 0.293 e. The molecule has 0 saturated carbocycles. The summed E-state index contributed by atoms with van der Waals surface area (Å²) in [6.07, 6.45) is 5.86. The molecule has 1 saturated heterocycles. The van der Waals surface area contributed by atoms with Crippen molar-refractivity contribution in [3.63, 3.8) is 0 Å². The van der Waals surface area contributed by atoms with Crippen LogP contribution in [0.4, 0.5) is 5.82 Å². The van der Waals surface area contributed by atoms with E-state index in [1.807, 2.05) is 20.9 Å². The van der Waals surface area contributed by atoms with Crippen LogP contribution in [0.1, 0.15) is 32.7 Å². The molecule has 19 heavy (non-hydrogen) atoms. The van der Waals surface area contributed by atoms with E-state index in [4.69, 9.17) is 0 Å². The van der Waals surface area contributed by atoms with Crippen molar-refractivity contribution < 1.29 is 0 Å². The fourth-order valence-electron chi connectivity index (χ4n) is 2.75. The van der Waals surface area contributed by atoms with Crippen LogP contribution in [0.3, 0.4) is 0 Å². The molecule has 1 atom stereocenters. The molecule has 1 unspecified atom stereocenters. The SMILES string of the molecule is CNCC1CCCN(c2nccn(C(C)C)c2=O)C1. The lowest BCUT2D eigenvalue weighted by molar-refractivity contribution is 0.399. The lowest BCUT2D eigenvalue weighted by Gasteiger charge is -2.33. The van der Waals surface area contributed by atoms with Gasteiger partial charge in [-0.15, -0.1) is 0 Å². The maximum Gasteiger partial charge on any atom is 0.293 e. The van der Waals surface area contributed by atoms with Gasteiger partial charge >= 0.3 is 0 Å². The highest BCUT2D eigenvalue weighted by Crippen LogP contribution is 2.19. The van der Waals surface area contributed by atoms with Gasteiger partial charge < -0.3 is 14.8 Å². The van der Waals surface area contributed by atoms with Crippen molar-refractivity contribution in [2.75, 3.05) is 31.6 Å². The number of piperidine rings is 1. The Hall–Kier alpha value is -1.36. The Morgan fingerprint density at radius 3 is 3.00 bits per heavy atom. The summed E-state index contributed by atoms with van der Waals surface area (Å²) in [4.78, 5) is 18.9. The summed E-state index contributed by atoms with van der Waals surface area (Å²) in [5.41, 5.74) is 0.0302. The van der Waals surface area contributed by atoms with Crippen molar-refractivity contribution in [1.29, 1.82) is 0 Å². The molecule has 1 aromatic rings. The van der Waals surface area contributed by atoms with Gasteiger partial charge in [-0.1, -0.05) is 0 Å². The molecular formula is C14H24N4O. The standard InChI is InChI=1S/C14H24N4O/c1-11(2)18-8-6-16-13(14(18)19)17-7-4-5-12(10-17)9-15-3/h6,8,11-12,15H,4-5,7,9-10H2,1-3H3. The monoisotopic (exact) mass is 264 g/mol. The first-order chi connectivity index (χ1) is 9.13. The molecule has 0 spiro atoms. The van der Waals surface area contributed by atoms with E-state index >= 15 is 0 Å². The van der Waals surface area contributed by atoms with Gasteiger partial charge in [0.2, 0.25) is 0 Å². The van der Waals surface area contributed by atoms with Crippen molar-refractivity contribution in [3.8, 4) is 0 Å². The average Bonchev–Trinajstić information content (AvgIpc) is 2.39. The van der Waals surface area contributed by atoms with Crippen molar-refractivity contribution in [2.45, 2.75) is 32.7 Å². The molecule has 1 N–H and O–H groups in total. The van der Waals surface area contributed by atoms with Crippen LogP contribution >= 0.6 is 0 Å². The number of nitrogens with zero attached hydrogens (tertiary/aromatic N) is 3. The summed E-state index contributed by atoms with van der Waals surface area (Å²) in [7, 11) is 1.98. The molecule has 106 valence electrons. The van der Waals surface area contributed by atoms with E-state index in [9.17, 15) is 4.79 Å². The fourth-order valence-corrected chi connectivity index (χ4v) is 2.75. The minimum atomic E-state index is 0.0302. The number of aromatic nitrogens is 2. The first-order valence-corrected chi connectivity index (χ1v) is 7.10. The Labute approximate surface area is 114 Å². The molecule has 2 heterocycles. The van der Waals surface area contributed by atoms with Crippen molar-refractivity contribution >= 4 is 5.82 Å². The van der Waals surface area contributed by atoms with Crippen LogP contribution in [0.5, 0.6) is 0 Å². The fraction of sp³-hybridized carbons (Fsp3) is 0.714. The summed E-state index contributed by atoms with van der Waals surface area (Å²) in [5, 5.41) is 3.22. The predicted octanol–water partition coefficient (Wildman–Crippen LogP) is 1.26. The van der Waals surface area contributed by atoms with Gasteiger partial charge in [0.05, 0.1) is 0 Å². The first kappa shape index (κ1) is 14.1. The Morgan fingerprint density at radius 1 is 1.53 bits per heavy atom. The third-order valence-corrected chi connectivity index (χ3v) is 3.72. The maximum absolute atomic E-state index is 12.4. The molecule has 0 radical (unpaired) electrons. The third-order valence-electron chi connectivity index (χ3n) is 3.72. The van der Waals surface area contributed by atoms with Crippen LogP contribution in [-0.2, 0) is 0 Å². The molecule has 0 amide bonds. The van der Waals surface area contributed by atoms with E-state index in [0.29, 0.717) is 11.7 Å². The van der Waals surface area contributed by atoms with Crippen molar-refractivity contribution in [3.05, 3.63) is 22.7 Å². The summed E-state index contributed by atoms with van der Waals surface area (Å²) in [6, 6.07) is 0.173. The van der Waals surface area contributed by atoms with Gasteiger partial charge in [-0.3, -0.25) is 4.79 Å². The third kappa shape index (κ3) is 3.15. The van der Waals surface area contributed by atoms with Gasteiger partial charge in [0.1, 0.15) is 0 Å². The molecule has 5 nitrogen and oxygen atoms in total. The van der Waals surface area contributed by atoms with Gasteiger partial charge in [0.25, 0.3) is 5.56 Å². The zero-order valence-electron chi connectivity index (χ0n) is 12.1. The summed E-state index contributed by atoms with van der Waals surface area (Å²) in [6.45, 7) is 6.90. The number of anilines is 1. The Morgan fingerprint density at radius 2 is 2.32 bits per heavy atom. The van der Waals surface area contributed by atoms with Gasteiger partial charge in [-0.2, -0.15) is 0 Å². The van der Waals surface area contributed by atoms with E-state index in [0.717, 1.165) is 26.1 Å². The second-order valence-electron chi connectivity index (χ2n) is 5.57. The number of hydrogen-bond acceptors (Lipinski definition) is 4. The number of rotatable bonds is 4. The minimum Gasteiger partial charge on any atom is -0.352 e. The highest BCUT2D eigenvalue weighted by atomic mass is 16.1. The molecular weight excluding hydrogens is 240 g/mol. The van der Waals surface area contributed by atoms with E-state index in [1.165, 1.54) is 6.42 Å². The maximum atomic E-state index is 12.4. The largest absolute Gasteiger partial charge is 0.352 e. The van der Waals surface area contributed by atoms with E-state index < -0.39 is 0 Å². The highest BCUT2D eigenvalue weighted by Gasteiger charge is 2.22. The summed E-state index contributed by atoms with van der Waals surface area (Å²) in [5.74, 6) is 1.21. The van der Waals surface area contributed by atoms with E-state index in [-0.39, 0.29) is 11.6 Å². The van der Waals surface area contributed by atoms with Crippen molar-refractivity contribution in [2.24, 2.45) is 5.92 Å². The predicted molar refractivity (Wildman–Crippen MR) is 77.7 cm³/mol. The van der Waals surface area contributed by atoms with Crippen LogP contribution in [0, 0.1) is 5.92 Å². The summed E-state index contributed by atoms with van der Waals surface area (Å²) < 4.78 is 1.75. The molecule has 1 aliphatic rings. The van der Waals surface area contributed by atoms with Crippen LogP contribution in [0.2, 0.25) is 0 Å². The van der Waals surface area contributed by atoms with Gasteiger partial charge in [-0.25, -0.2) is 4.98 Å². The molecule has 2 rings (SSSR count). The van der Waals surface area contributed by atoms with Crippen LogP contribution in [-0.4, -0.2) is 36.2 Å². The normalized spacial score (nSPS) is 20.0. The lowest BCUT2D eigenvalue weighted by Crippen LogP contribution is -2.42. The van der Waals surface area contributed by atoms with Gasteiger partial charge in [0.15, 0.2) is 5.82 Å². The van der Waals surface area contributed by atoms with Crippen LogP contribution < -0.4 is 15.8 Å². The van der Waals surface area contributed by atoms with Gasteiger partial charge in [-0.05, 0) is 46.2 Å². The molecule has 0 aliphatic carbocycles. The van der Waals surface area contributed by atoms with Crippen LogP contribution in [0.15, 0.2) is 17.2 Å². The molecule has 1 aliphatic heterocycles.